The van der Waals surface area contributed by atoms with Gasteiger partial charge < -0.3 is 40.0 Å². The number of benzene rings is 1. The highest BCUT2D eigenvalue weighted by Crippen LogP contribution is 2.42. The van der Waals surface area contributed by atoms with Crippen molar-refractivity contribution >= 4 is 11.9 Å². The molecule has 10 nitrogen and oxygen atoms in total. The molecule has 196 valence electrons. The first kappa shape index (κ1) is 27.2. The first-order valence-corrected chi connectivity index (χ1v) is 11.8. The maximum Gasteiger partial charge on any atom is 0.342 e. The highest BCUT2D eigenvalue weighted by Gasteiger charge is 2.48. The smallest absolute Gasteiger partial charge is 0.342 e. The maximum absolute atomic E-state index is 12.6. The van der Waals surface area contributed by atoms with Gasteiger partial charge in [-0.15, -0.1) is 0 Å². The zero-order valence-electron chi connectivity index (χ0n) is 21.1. The number of hydrogen-bond acceptors (Lipinski definition) is 9. The number of carbonyl (C=O) groups is 2. The lowest BCUT2D eigenvalue weighted by Crippen LogP contribution is -2.57. The standard InChI is InChI=1S/C25H37NO9/c1-11-14-7-18(35-24(32)22(14)17(30)8-15(11)28)12(2)16(29)9-21-25(4,5)20(31)10-19(34-21)23(33-6)26-13(3)27/h8,12,16,18-21,23,28-31H,7,9-10H2,1-6H3,(H,26,27)/t12-,16+,18-,19-,20-,21-,23+/m1/s1. The molecule has 2 aliphatic rings. The molecule has 1 saturated heterocycles. The molecule has 2 aliphatic heterocycles. The van der Waals surface area contributed by atoms with E-state index in [2.05, 4.69) is 5.32 Å². The van der Waals surface area contributed by atoms with Crippen LogP contribution in [0.2, 0.25) is 0 Å². The summed E-state index contributed by atoms with van der Waals surface area (Å²) in [5.74, 6) is -1.98. The average molecular weight is 496 g/mol. The summed E-state index contributed by atoms with van der Waals surface area (Å²) in [5, 5.41) is 44.8. The monoisotopic (exact) mass is 495 g/mol. The van der Waals surface area contributed by atoms with Gasteiger partial charge in [-0.05, 0) is 18.1 Å². The lowest BCUT2D eigenvalue weighted by Gasteiger charge is -2.48. The number of esters is 1. The number of methoxy groups -OCH3 is 1. The Morgan fingerprint density at radius 1 is 1.29 bits per heavy atom. The molecule has 0 unspecified atom stereocenters. The van der Waals surface area contributed by atoms with Crippen LogP contribution in [0.15, 0.2) is 6.07 Å². The first-order valence-electron chi connectivity index (χ1n) is 11.8. The summed E-state index contributed by atoms with van der Waals surface area (Å²) in [6.45, 7) is 8.48. The molecule has 0 spiro atoms. The molecule has 35 heavy (non-hydrogen) atoms. The molecule has 5 N–H and O–H groups in total. The number of phenols is 2. The summed E-state index contributed by atoms with van der Waals surface area (Å²) in [6.07, 6.45) is -3.76. The van der Waals surface area contributed by atoms with Gasteiger partial charge >= 0.3 is 5.97 Å². The topological polar surface area (TPSA) is 155 Å². The molecular formula is C25H37NO9. The van der Waals surface area contributed by atoms with Crippen molar-refractivity contribution in [2.45, 2.75) is 90.6 Å². The van der Waals surface area contributed by atoms with E-state index in [0.29, 0.717) is 11.1 Å². The van der Waals surface area contributed by atoms with E-state index >= 15 is 0 Å². The Kier molecular flexibility index (Phi) is 8.00. The quantitative estimate of drug-likeness (QED) is 0.280. The second-order valence-electron chi connectivity index (χ2n) is 10.3. The highest BCUT2D eigenvalue weighted by atomic mass is 16.6. The van der Waals surface area contributed by atoms with Gasteiger partial charge in [0.05, 0.1) is 18.3 Å². The number of aliphatic hydroxyl groups is 2. The number of hydrogen-bond donors (Lipinski definition) is 5. The van der Waals surface area contributed by atoms with Crippen LogP contribution in [-0.4, -0.2) is 76.2 Å². The van der Waals surface area contributed by atoms with Gasteiger partial charge in [0, 0.05) is 50.7 Å². The van der Waals surface area contributed by atoms with Crippen molar-refractivity contribution in [1.29, 1.82) is 0 Å². The van der Waals surface area contributed by atoms with Crippen molar-refractivity contribution in [2.75, 3.05) is 7.11 Å². The van der Waals surface area contributed by atoms with Crippen LogP contribution in [0, 0.1) is 18.3 Å². The molecule has 1 aromatic rings. The zero-order chi connectivity index (χ0) is 26.2. The van der Waals surface area contributed by atoms with Gasteiger partial charge in [-0.25, -0.2) is 4.79 Å². The lowest BCUT2D eigenvalue weighted by molar-refractivity contribution is -0.216. The number of cyclic esters (lactones) is 1. The van der Waals surface area contributed by atoms with Crippen LogP contribution in [0.4, 0.5) is 0 Å². The van der Waals surface area contributed by atoms with Crippen LogP contribution in [0.1, 0.15) is 62.0 Å². The number of rotatable bonds is 7. The average Bonchev–Trinajstić information content (AvgIpc) is 2.77. The largest absolute Gasteiger partial charge is 0.508 e. The molecular weight excluding hydrogens is 458 g/mol. The van der Waals surface area contributed by atoms with Gasteiger partial charge in [0.1, 0.15) is 29.3 Å². The molecule has 2 heterocycles. The van der Waals surface area contributed by atoms with Crippen LogP contribution in [0.3, 0.4) is 0 Å². The molecule has 0 bridgehead atoms. The summed E-state index contributed by atoms with van der Waals surface area (Å²) < 4.78 is 17.1. The zero-order valence-corrected chi connectivity index (χ0v) is 21.1. The minimum absolute atomic E-state index is 0.0320. The summed E-state index contributed by atoms with van der Waals surface area (Å²) in [6, 6.07) is 1.12. The molecule has 1 fully saturated rings. The summed E-state index contributed by atoms with van der Waals surface area (Å²) in [4.78, 5) is 24.2. The van der Waals surface area contributed by atoms with E-state index in [1.54, 1.807) is 13.8 Å². The van der Waals surface area contributed by atoms with Gasteiger partial charge in [-0.2, -0.15) is 0 Å². The van der Waals surface area contributed by atoms with Crippen molar-refractivity contribution in [3.63, 3.8) is 0 Å². The number of carbonyl (C=O) groups excluding carboxylic acids is 2. The minimum Gasteiger partial charge on any atom is -0.508 e. The van der Waals surface area contributed by atoms with Crippen LogP contribution >= 0.6 is 0 Å². The van der Waals surface area contributed by atoms with Crippen molar-refractivity contribution in [3.8, 4) is 11.5 Å². The van der Waals surface area contributed by atoms with E-state index in [0.717, 1.165) is 6.07 Å². The normalized spacial score (nSPS) is 28.4. The number of phenolic OH excluding ortho intramolecular Hbond substituents is 2. The summed E-state index contributed by atoms with van der Waals surface area (Å²) >= 11 is 0. The SMILES string of the molecule is CO[C@H](NC(C)=O)[C@H]1C[C@@H](O)C(C)(C)[C@@H](C[C@H](O)[C@@H](C)[C@H]2Cc3c(C)c(O)cc(O)c3C(=O)O2)O1. The molecule has 0 aliphatic carbocycles. The predicted molar refractivity (Wildman–Crippen MR) is 125 cm³/mol. The molecule has 1 aromatic carbocycles. The van der Waals surface area contributed by atoms with Gasteiger partial charge in [0.15, 0.2) is 6.23 Å². The molecule has 10 heteroatoms. The third-order valence-electron chi connectivity index (χ3n) is 7.61. The van der Waals surface area contributed by atoms with Crippen molar-refractivity contribution in [1.82, 2.24) is 5.32 Å². The first-order chi connectivity index (χ1) is 16.3. The third-order valence-corrected chi connectivity index (χ3v) is 7.61. The Morgan fingerprint density at radius 2 is 1.94 bits per heavy atom. The summed E-state index contributed by atoms with van der Waals surface area (Å²) in [7, 11) is 1.44. The maximum atomic E-state index is 12.6. The fourth-order valence-corrected chi connectivity index (χ4v) is 4.94. The Morgan fingerprint density at radius 3 is 2.54 bits per heavy atom. The van der Waals surface area contributed by atoms with Gasteiger partial charge in [-0.3, -0.25) is 4.79 Å². The van der Waals surface area contributed by atoms with Crippen LogP contribution < -0.4 is 5.32 Å². The minimum atomic E-state index is -0.961. The second kappa shape index (κ2) is 10.3. The Bertz CT molecular complexity index is 963. The van der Waals surface area contributed by atoms with E-state index in [-0.39, 0.29) is 42.2 Å². The Labute approximate surface area is 205 Å². The van der Waals surface area contributed by atoms with Crippen molar-refractivity contribution < 1.29 is 44.2 Å². The second-order valence-corrected chi connectivity index (χ2v) is 10.3. The number of aromatic hydroxyl groups is 2. The summed E-state index contributed by atoms with van der Waals surface area (Å²) in [5.41, 5.74) is 0.304. The van der Waals surface area contributed by atoms with E-state index in [4.69, 9.17) is 14.2 Å². The molecule has 7 atom stereocenters. The third kappa shape index (κ3) is 5.40. The Hall–Kier alpha value is -2.40. The fourth-order valence-electron chi connectivity index (χ4n) is 4.94. The van der Waals surface area contributed by atoms with E-state index in [1.807, 2.05) is 13.8 Å². The van der Waals surface area contributed by atoms with Crippen LogP contribution in [-0.2, 0) is 25.4 Å². The number of nitrogens with one attached hydrogen (secondary N) is 1. The van der Waals surface area contributed by atoms with Crippen LogP contribution in [0.25, 0.3) is 0 Å². The number of fused-ring (bicyclic) bond motifs is 1. The number of amides is 1. The van der Waals surface area contributed by atoms with E-state index in [9.17, 15) is 30.0 Å². The van der Waals surface area contributed by atoms with E-state index in [1.165, 1.54) is 14.0 Å². The number of aliphatic hydroxyl groups excluding tert-OH is 2. The van der Waals surface area contributed by atoms with Crippen molar-refractivity contribution in [2.24, 2.45) is 11.3 Å². The fraction of sp³-hybridized carbons (Fsp3) is 0.680. The van der Waals surface area contributed by atoms with Gasteiger partial charge in [-0.1, -0.05) is 20.8 Å². The Balaban J connectivity index is 1.77. The van der Waals surface area contributed by atoms with Crippen LogP contribution in [0.5, 0.6) is 11.5 Å². The molecule has 3 rings (SSSR count). The van der Waals surface area contributed by atoms with Gasteiger partial charge in [0.25, 0.3) is 0 Å². The molecule has 0 radical (unpaired) electrons. The highest BCUT2D eigenvalue weighted by molar-refractivity contribution is 5.96. The number of ether oxygens (including phenoxy) is 3. The van der Waals surface area contributed by atoms with Gasteiger partial charge in [0.2, 0.25) is 5.91 Å². The van der Waals surface area contributed by atoms with Crippen molar-refractivity contribution in [3.05, 3.63) is 22.8 Å². The lowest BCUT2D eigenvalue weighted by atomic mass is 9.73. The predicted octanol–water partition coefficient (Wildman–Crippen LogP) is 1.53. The molecule has 1 amide bonds. The molecule has 0 aromatic heterocycles. The van der Waals surface area contributed by atoms with E-state index < -0.39 is 54.0 Å². The molecule has 0 saturated carbocycles.